The van der Waals surface area contributed by atoms with E-state index >= 15 is 0 Å². The fraction of sp³-hybridized carbons (Fsp3) is 0.200. The molecule has 3 rings (SSSR count). The van der Waals surface area contributed by atoms with Gasteiger partial charge in [0.1, 0.15) is 5.76 Å². The van der Waals surface area contributed by atoms with E-state index in [9.17, 15) is 5.11 Å². The number of nitrogens with one attached hydrogen (secondary N) is 2. The van der Waals surface area contributed by atoms with Crippen molar-refractivity contribution in [2.24, 2.45) is 0 Å². The van der Waals surface area contributed by atoms with E-state index in [1.54, 1.807) is 18.4 Å². The van der Waals surface area contributed by atoms with Gasteiger partial charge in [-0.1, -0.05) is 35.9 Å². The van der Waals surface area contributed by atoms with E-state index in [0.717, 1.165) is 35.7 Å². The third kappa shape index (κ3) is 5.10. The fourth-order valence-electron chi connectivity index (χ4n) is 2.59. The molecular weight excluding hydrogens is 336 g/mol. The van der Waals surface area contributed by atoms with Gasteiger partial charge in [0.15, 0.2) is 0 Å². The van der Waals surface area contributed by atoms with E-state index < -0.39 is 6.10 Å². The molecule has 5 heteroatoms. The zero-order chi connectivity index (χ0) is 17.5. The largest absolute Gasteiger partial charge is 0.464 e. The molecule has 4 nitrogen and oxygen atoms in total. The molecule has 0 amide bonds. The maximum Gasteiger partial charge on any atom is 0.133 e. The molecule has 0 fully saturated rings. The van der Waals surface area contributed by atoms with Crippen LogP contribution in [0.5, 0.6) is 0 Å². The number of anilines is 1. The second-order valence-electron chi connectivity index (χ2n) is 5.76. The van der Waals surface area contributed by atoms with Gasteiger partial charge in [0.2, 0.25) is 0 Å². The number of aliphatic hydroxyl groups excluding tert-OH is 1. The van der Waals surface area contributed by atoms with Crippen molar-refractivity contribution in [2.45, 2.75) is 6.10 Å². The Balaban J connectivity index is 1.42. The maximum absolute atomic E-state index is 10.2. The van der Waals surface area contributed by atoms with Gasteiger partial charge >= 0.3 is 0 Å². The van der Waals surface area contributed by atoms with Gasteiger partial charge in [0.05, 0.1) is 12.4 Å². The Morgan fingerprint density at radius 3 is 2.68 bits per heavy atom. The summed E-state index contributed by atoms with van der Waals surface area (Å²) in [5, 5.41) is 17.4. The first-order chi connectivity index (χ1) is 12.2. The Kier molecular flexibility index (Phi) is 6.12. The Hall–Kier alpha value is -2.27. The van der Waals surface area contributed by atoms with Crippen LogP contribution in [0.25, 0.3) is 11.3 Å². The average Bonchev–Trinajstić information content (AvgIpc) is 3.16. The summed E-state index contributed by atoms with van der Waals surface area (Å²) >= 11 is 5.94. The predicted octanol–water partition coefficient (Wildman–Crippen LogP) is 4.34. The first-order valence-corrected chi connectivity index (χ1v) is 8.62. The third-order valence-electron chi connectivity index (χ3n) is 3.87. The zero-order valence-corrected chi connectivity index (χ0v) is 14.5. The van der Waals surface area contributed by atoms with Crippen LogP contribution >= 0.6 is 11.6 Å². The molecular formula is C20H21ClN2O2. The van der Waals surface area contributed by atoms with Gasteiger partial charge < -0.3 is 20.2 Å². The zero-order valence-electron chi connectivity index (χ0n) is 13.8. The highest BCUT2D eigenvalue weighted by Gasteiger charge is 2.07. The standard InChI is InChI=1S/C20H21ClN2O2/c21-17-6-1-4-15(12-17)19(24)14-22-9-10-23-18-7-2-5-16(13-18)20-8-3-11-25-20/h1-8,11-13,19,22-24H,9-10,14H2/t19-/m0/s1. The molecule has 0 aliphatic heterocycles. The van der Waals surface area contributed by atoms with Crippen LogP contribution in [0.1, 0.15) is 11.7 Å². The maximum atomic E-state index is 10.2. The highest BCUT2D eigenvalue weighted by atomic mass is 35.5. The van der Waals surface area contributed by atoms with Crippen LogP contribution in [0, 0.1) is 0 Å². The monoisotopic (exact) mass is 356 g/mol. The smallest absolute Gasteiger partial charge is 0.133 e. The van der Waals surface area contributed by atoms with Crippen LogP contribution in [0.4, 0.5) is 5.69 Å². The fourth-order valence-corrected chi connectivity index (χ4v) is 2.79. The number of rotatable bonds is 8. The van der Waals surface area contributed by atoms with Crippen molar-refractivity contribution in [2.75, 3.05) is 25.0 Å². The van der Waals surface area contributed by atoms with Crippen molar-refractivity contribution in [3.63, 3.8) is 0 Å². The summed E-state index contributed by atoms with van der Waals surface area (Å²) in [6.07, 6.45) is 1.10. The lowest BCUT2D eigenvalue weighted by atomic mass is 10.1. The summed E-state index contributed by atoms with van der Waals surface area (Å²) in [7, 11) is 0. The Labute approximate surface area is 152 Å². The molecule has 0 aliphatic carbocycles. The molecule has 0 bridgehead atoms. The van der Waals surface area contributed by atoms with Crippen LogP contribution in [-0.2, 0) is 0 Å². The predicted molar refractivity (Wildman–Crippen MR) is 102 cm³/mol. The minimum absolute atomic E-state index is 0.481. The van der Waals surface area contributed by atoms with Gasteiger partial charge in [-0.2, -0.15) is 0 Å². The molecule has 0 aliphatic rings. The molecule has 130 valence electrons. The van der Waals surface area contributed by atoms with E-state index in [2.05, 4.69) is 16.7 Å². The van der Waals surface area contributed by atoms with E-state index in [0.29, 0.717) is 11.6 Å². The number of hydrogen-bond acceptors (Lipinski definition) is 4. The second-order valence-corrected chi connectivity index (χ2v) is 6.20. The molecule has 1 heterocycles. The lowest BCUT2D eigenvalue weighted by Gasteiger charge is -2.13. The van der Waals surface area contributed by atoms with Crippen LogP contribution in [0.15, 0.2) is 71.3 Å². The summed E-state index contributed by atoms with van der Waals surface area (Å²) in [4.78, 5) is 0. The van der Waals surface area contributed by atoms with E-state index in [4.69, 9.17) is 16.0 Å². The van der Waals surface area contributed by atoms with Crippen molar-refractivity contribution < 1.29 is 9.52 Å². The van der Waals surface area contributed by atoms with Crippen molar-refractivity contribution in [3.05, 3.63) is 77.5 Å². The topological polar surface area (TPSA) is 57.4 Å². The van der Waals surface area contributed by atoms with Gasteiger partial charge in [-0.25, -0.2) is 0 Å². The molecule has 0 saturated heterocycles. The van der Waals surface area contributed by atoms with Gasteiger partial charge in [-0.05, 0) is 42.0 Å². The van der Waals surface area contributed by atoms with Gasteiger partial charge in [0, 0.05) is 35.9 Å². The molecule has 0 unspecified atom stereocenters. The van der Waals surface area contributed by atoms with Crippen LogP contribution in [-0.4, -0.2) is 24.7 Å². The van der Waals surface area contributed by atoms with Gasteiger partial charge in [-0.3, -0.25) is 0 Å². The minimum atomic E-state index is -0.569. The Morgan fingerprint density at radius 1 is 1.00 bits per heavy atom. The average molecular weight is 357 g/mol. The highest BCUT2D eigenvalue weighted by Crippen LogP contribution is 2.22. The van der Waals surface area contributed by atoms with Crippen LogP contribution < -0.4 is 10.6 Å². The lowest BCUT2D eigenvalue weighted by Crippen LogP contribution is -2.26. The number of furan rings is 1. The van der Waals surface area contributed by atoms with Crippen LogP contribution in [0.3, 0.4) is 0 Å². The number of aliphatic hydroxyl groups is 1. The molecule has 1 aromatic heterocycles. The van der Waals surface area contributed by atoms with Crippen LogP contribution in [0.2, 0.25) is 5.02 Å². The van der Waals surface area contributed by atoms with E-state index in [1.807, 2.05) is 42.5 Å². The molecule has 3 N–H and O–H groups in total. The first kappa shape index (κ1) is 17.5. The highest BCUT2D eigenvalue weighted by molar-refractivity contribution is 6.30. The second kappa shape index (κ2) is 8.72. The molecule has 3 aromatic rings. The summed E-state index contributed by atoms with van der Waals surface area (Å²) < 4.78 is 5.42. The van der Waals surface area contributed by atoms with E-state index in [1.165, 1.54) is 0 Å². The summed E-state index contributed by atoms with van der Waals surface area (Å²) in [6.45, 7) is 1.97. The lowest BCUT2D eigenvalue weighted by molar-refractivity contribution is 0.175. The Bertz CT molecular complexity index is 790. The third-order valence-corrected chi connectivity index (χ3v) is 4.11. The van der Waals surface area contributed by atoms with E-state index in [-0.39, 0.29) is 0 Å². The quantitative estimate of drug-likeness (QED) is 0.526. The summed E-state index contributed by atoms with van der Waals surface area (Å²) in [5.41, 5.74) is 2.89. The van der Waals surface area contributed by atoms with Gasteiger partial charge in [0.25, 0.3) is 0 Å². The summed E-state index contributed by atoms with van der Waals surface area (Å²) in [5.74, 6) is 0.853. The minimum Gasteiger partial charge on any atom is -0.464 e. The number of hydrogen-bond donors (Lipinski definition) is 3. The molecule has 0 spiro atoms. The number of benzene rings is 2. The molecule has 0 radical (unpaired) electrons. The van der Waals surface area contributed by atoms with Crippen molar-refractivity contribution in [1.29, 1.82) is 0 Å². The number of halogens is 1. The van der Waals surface area contributed by atoms with Gasteiger partial charge in [-0.15, -0.1) is 0 Å². The van der Waals surface area contributed by atoms with Crippen molar-refractivity contribution in [1.82, 2.24) is 5.32 Å². The molecule has 2 aromatic carbocycles. The van der Waals surface area contributed by atoms with Crippen molar-refractivity contribution in [3.8, 4) is 11.3 Å². The Morgan fingerprint density at radius 2 is 1.88 bits per heavy atom. The normalized spacial score (nSPS) is 12.1. The summed E-state index contributed by atoms with van der Waals surface area (Å²) in [6, 6.07) is 19.2. The van der Waals surface area contributed by atoms with Crippen molar-refractivity contribution >= 4 is 17.3 Å². The first-order valence-electron chi connectivity index (χ1n) is 8.24. The molecule has 0 saturated carbocycles. The molecule has 25 heavy (non-hydrogen) atoms. The SMILES string of the molecule is O[C@@H](CNCCNc1cccc(-c2ccco2)c1)c1cccc(Cl)c1. The molecule has 1 atom stereocenters.